The number of hydrogen-bond donors (Lipinski definition) is 2. The van der Waals surface area contributed by atoms with Crippen LogP contribution in [0.25, 0.3) is 11.4 Å². The van der Waals surface area contributed by atoms with Crippen LogP contribution < -0.4 is 5.32 Å². The second-order valence-corrected chi connectivity index (χ2v) is 8.01. The number of anilines is 1. The first-order valence-electron chi connectivity index (χ1n) is 10.5. The van der Waals surface area contributed by atoms with Gasteiger partial charge in [0.2, 0.25) is 18.1 Å². The van der Waals surface area contributed by atoms with Gasteiger partial charge in [0.05, 0.1) is 0 Å². The molecule has 0 unspecified atom stereocenters. The molecule has 30 heavy (non-hydrogen) atoms. The Morgan fingerprint density at radius 1 is 1.33 bits per heavy atom. The summed E-state index contributed by atoms with van der Waals surface area (Å²) in [5.74, 6) is 1.39. The lowest BCUT2D eigenvalue weighted by Gasteiger charge is -2.26. The van der Waals surface area contributed by atoms with Crippen molar-refractivity contribution in [1.29, 1.82) is 5.41 Å². The Morgan fingerprint density at radius 2 is 2.00 bits per heavy atom. The topological polar surface area (TPSA) is 98.4 Å². The minimum Gasteiger partial charge on any atom is -0.382 e. The van der Waals surface area contributed by atoms with Crippen molar-refractivity contribution in [2.75, 3.05) is 39.0 Å². The van der Waals surface area contributed by atoms with Crippen LogP contribution in [-0.2, 0) is 4.79 Å². The van der Waals surface area contributed by atoms with Crippen LogP contribution in [0.3, 0.4) is 0 Å². The Bertz CT molecular complexity index is 810. The molecule has 8 nitrogen and oxygen atoms in total. The van der Waals surface area contributed by atoms with Gasteiger partial charge in [-0.25, -0.2) is 0 Å². The number of carbonyl (C=O) groups excluding carboxylic acids is 1. The third-order valence-corrected chi connectivity index (χ3v) is 5.01. The standard InChI is InChI=1S/C18H23N5O2.C4H11N/c1-12(2)20-16-9-14(3-4-15(16)10-19)17-21-18(25-22-17)13-5-7-23(11-24)8-6-13;1-4-5(2)3/h3-4,9-13,19-20H,5-8H2,1-2H3;4H2,1-3H3. The molecular weight excluding hydrogens is 380 g/mol. The number of aromatic nitrogens is 2. The van der Waals surface area contributed by atoms with Gasteiger partial charge < -0.3 is 25.0 Å². The molecule has 2 heterocycles. The fourth-order valence-electron chi connectivity index (χ4n) is 3.03. The number of amides is 1. The van der Waals surface area contributed by atoms with Crippen LogP contribution in [0.2, 0.25) is 0 Å². The Labute approximate surface area is 179 Å². The Balaban J connectivity index is 0.000000575. The van der Waals surface area contributed by atoms with E-state index in [9.17, 15) is 4.79 Å². The molecule has 0 atom stereocenters. The highest BCUT2D eigenvalue weighted by Gasteiger charge is 2.25. The Kier molecular flexibility index (Phi) is 8.98. The zero-order chi connectivity index (χ0) is 22.1. The van der Waals surface area contributed by atoms with E-state index in [2.05, 4.69) is 55.2 Å². The highest BCUT2D eigenvalue weighted by molar-refractivity contribution is 5.87. The molecule has 0 saturated carbocycles. The van der Waals surface area contributed by atoms with Crippen molar-refractivity contribution in [2.45, 2.75) is 45.6 Å². The van der Waals surface area contributed by atoms with Gasteiger partial charge in [-0.3, -0.25) is 4.79 Å². The van der Waals surface area contributed by atoms with Gasteiger partial charge in [0.1, 0.15) is 0 Å². The summed E-state index contributed by atoms with van der Waals surface area (Å²) in [6, 6.07) is 5.99. The SMILES string of the molecule is CC(C)Nc1cc(-c2noc(C3CCN(C=O)CC3)n2)ccc1C=N.CCN(C)C. The van der Waals surface area contributed by atoms with Gasteiger partial charge in [0.15, 0.2) is 0 Å². The molecule has 1 aliphatic heterocycles. The molecule has 0 spiro atoms. The van der Waals surface area contributed by atoms with E-state index >= 15 is 0 Å². The van der Waals surface area contributed by atoms with E-state index in [0.717, 1.165) is 55.7 Å². The summed E-state index contributed by atoms with van der Waals surface area (Å²) in [5, 5.41) is 15.0. The van der Waals surface area contributed by atoms with Crippen molar-refractivity contribution in [3.05, 3.63) is 29.7 Å². The van der Waals surface area contributed by atoms with Gasteiger partial charge >= 0.3 is 0 Å². The molecule has 0 aliphatic carbocycles. The molecule has 1 amide bonds. The summed E-state index contributed by atoms with van der Waals surface area (Å²) in [6.45, 7) is 8.82. The molecule has 2 aromatic rings. The first-order valence-corrected chi connectivity index (χ1v) is 10.5. The molecular formula is C22H34N6O2. The molecule has 2 N–H and O–H groups in total. The predicted molar refractivity (Wildman–Crippen MR) is 120 cm³/mol. The van der Waals surface area contributed by atoms with E-state index in [0.29, 0.717) is 11.7 Å². The van der Waals surface area contributed by atoms with Crippen molar-refractivity contribution < 1.29 is 9.32 Å². The molecule has 1 aromatic heterocycles. The highest BCUT2D eigenvalue weighted by Crippen LogP contribution is 2.29. The minimum atomic E-state index is 0.201. The maximum absolute atomic E-state index is 10.8. The van der Waals surface area contributed by atoms with Gasteiger partial charge in [-0.1, -0.05) is 24.2 Å². The average molecular weight is 415 g/mol. The van der Waals surface area contributed by atoms with Crippen LogP contribution in [-0.4, -0.2) is 72.3 Å². The van der Waals surface area contributed by atoms with Gasteiger partial charge in [-0.05, 0) is 53.4 Å². The van der Waals surface area contributed by atoms with Crippen LogP contribution in [0.15, 0.2) is 22.7 Å². The molecule has 0 bridgehead atoms. The molecule has 1 saturated heterocycles. The van der Waals surface area contributed by atoms with Gasteiger partial charge in [0, 0.05) is 48.1 Å². The molecule has 0 radical (unpaired) electrons. The number of benzene rings is 1. The maximum Gasteiger partial charge on any atom is 0.230 e. The van der Waals surface area contributed by atoms with Crippen LogP contribution in [0, 0.1) is 5.41 Å². The zero-order valence-electron chi connectivity index (χ0n) is 18.7. The summed E-state index contributed by atoms with van der Waals surface area (Å²) in [7, 11) is 4.11. The van der Waals surface area contributed by atoms with Crippen molar-refractivity contribution in [3.63, 3.8) is 0 Å². The van der Waals surface area contributed by atoms with Crippen LogP contribution in [0.1, 0.15) is 51.0 Å². The summed E-state index contributed by atoms with van der Waals surface area (Å²) in [5.41, 5.74) is 2.56. The summed E-state index contributed by atoms with van der Waals surface area (Å²) in [4.78, 5) is 19.3. The lowest BCUT2D eigenvalue weighted by molar-refractivity contribution is -0.119. The fraction of sp³-hybridized carbons (Fsp3) is 0.545. The van der Waals surface area contributed by atoms with Gasteiger partial charge in [0.25, 0.3) is 0 Å². The molecule has 1 aliphatic rings. The van der Waals surface area contributed by atoms with Crippen molar-refractivity contribution in [2.24, 2.45) is 0 Å². The van der Waals surface area contributed by atoms with E-state index in [4.69, 9.17) is 9.93 Å². The number of piperidine rings is 1. The first kappa shape index (κ1) is 23.5. The quantitative estimate of drug-likeness (QED) is 0.532. The summed E-state index contributed by atoms with van der Waals surface area (Å²) >= 11 is 0. The second-order valence-electron chi connectivity index (χ2n) is 8.01. The lowest BCUT2D eigenvalue weighted by atomic mass is 9.97. The van der Waals surface area contributed by atoms with Gasteiger partial charge in [-0.2, -0.15) is 4.98 Å². The third kappa shape index (κ3) is 6.66. The number of nitrogens with zero attached hydrogens (tertiary/aromatic N) is 4. The Hall–Kier alpha value is -2.74. The largest absolute Gasteiger partial charge is 0.382 e. The number of hydrogen-bond acceptors (Lipinski definition) is 7. The summed E-state index contributed by atoms with van der Waals surface area (Å²) < 4.78 is 5.47. The van der Waals surface area contributed by atoms with Crippen LogP contribution in [0.5, 0.6) is 0 Å². The van der Waals surface area contributed by atoms with E-state index in [1.807, 2.05) is 18.2 Å². The first-order chi connectivity index (χ1) is 14.4. The lowest BCUT2D eigenvalue weighted by Crippen LogP contribution is -2.31. The second kappa shape index (κ2) is 11.4. The minimum absolute atomic E-state index is 0.201. The van der Waals surface area contributed by atoms with Crippen molar-refractivity contribution in [1.82, 2.24) is 19.9 Å². The van der Waals surface area contributed by atoms with Crippen LogP contribution in [0.4, 0.5) is 5.69 Å². The number of rotatable bonds is 7. The number of carbonyl (C=O) groups is 1. The maximum atomic E-state index is 10.8. The normalized spacial score (nSPS) is 14.4. The molecule has 1 aromatic carbocycles. The van der Waals surface area contributed by atoms with E-state index in [1.165, 1.54) is 6.21 Å². The van der Waals surface area contributed by atoms with E-state index in [-0.39, 0.29) is 12.0 Å². The smallest absolute Gasteiger partial charge is 0.230 e. The third-order valence-electron chi connectivity index (χ3n) is 5.01. The molecule has 164 valence electrons. The Morgan fingerprint density at radius 3 is 2.53 bits per heavy atom. The average Bonchev–Trinajstić information content (AvgIpc) is 3.24. The molecule has 1 fully saturated rings. The number of nitrogens with one attached hydrogen (secondary N) is 2. The molecule has 3 rings (SSSR count). The highest BCUT2D eigenvalue weighted by atomic mass is 16.5. The van der Waals surface area contributed by atoms with Crippen molar-refractivity contribution in [3.8, 4) is 11.4 Å². The van der Waals surface area contributed by atoms with Crippen LogP contribution >= 0.6 is 0 Å². The fourth-order valence-corrected chi connectivity index (χ4v) is 3.03. The zero-order valence-corrected chi connectivity index (χ0v) is 18.7. The number of likely N-dealkylation sites (tertiary alicyclic amines) is 1. The van der Waals surface area contributed by atoms with E-state index in [1.54, 1.807) is 4.90 Å². The van der Waals surface area contributed by atoms with Gasteiger partial charge in [-0.15, -0.1) is 0 Å². The van der Waals surface area contributed by atoms with E-state index < -0.39 is 0 Å². The molecule has 8 heteroatoms. The monoisotopic (exact) mass is 414 g/mol. The van der Waals surface area contributed by atoms with Crippen molar-refractivity contribution >= 4 is 18.3 Å². The summed E-state index contributed by atoms with van der Waals surface area (Å²) in [6.07, 6.45) is 3.90. The predicted octanol–water partition coefficient (Wildman–Crippen LogP) is 3.46.